The Kier molecular flexibility index (Phi) is 4.81. The van der Waals surface area contributed by atoms with Crippen LogP contribution in [-0.4, -0.2) is 42.5 Å². The van der Waals surface area contributed by atoms with Crippen LogP contribution >= 0.6 is 0 Å². The SMILES string of the molecule is O=C(O)COC1CC(NC(=O)OCC2c3ccccc3-c3ccccc32)C1. The van der Waals surface area contributed by atoms with E-state index >= 15 is 0 Å². The molecule has 0 spiro atoms. The van der Waals surface area contributed by atoms with Crippen molar-refractivity contribution in [3.63, 3.8) is 0 Å². The van der Waals surface area contributed by atoms with Gasteiger partial charge >= 0.3 is 12.1 Å². The van der Waals surface area contributed by atoms with E-state index in [2.05, 4.69) is 29.6 Å². The molecule has 2 aromatic carbocycles. The third-order valence-electron chi connectivity index (χ3n) is 5.20. The largest absolute Gasteiger partial charge is 0.480 e. The number of carboxylic acid groups (broad SMARTS) is 1. The van der Waals surface area contributed by atoms with Gasteiger partial charge in [0.25, 0.3) is 0 Å². The molecule has 2 aliphatic carbocycles. The highest BCUT2D eigenvalue weighted by Crippen LogP contribution is 2.44. The summed E-state index contributed by atoms with van der Waals surface area (Å²) < 4.78 is 10.7. The van der Waals surface area contributed by atoms with Crippen molar-refractivity contribution in [1.29, 1.82) is 0 Å². The normalized spacial score (nSPS) is 20.3. The van der Waals surface area contributed by atoms with Crippen LogP contribution in [0.1, 0.15) is 29.9 Å². The van der Waals surface area contributed by atoms with Crippen LogP contribution in [0.5, 0.6) is 0 Å². The Morgan fingerprint density at radius 1 is 1.00 bits per heavy atom. The monoisotopic (exact) mass is 367 g/mol. The van der Waals surface area contributed by atoms with Gasteiger partial charge in [-0.2, -0.15) is 0 Å². The number of nitrogens with one attached hydrogen (secondary N) is 1. The van der Waals surface area contributed by atoms with E-state index in [4.69, 9.17) is 14.6 Å². The number of hydrogen-bond donors (Lipinski definition) is 2. The smallest absolute Gasteiger partial charge is 0.407 e. The molecule has 6 nitrogen and oxygen atoms in total. The molecule has 6 heteroatoms. The average Bonchev–Trinajstić information content (AvgIpc) is 2.95. The van der Waals surface area contributed by atoms with E-state index < -0.39 is 12.1 Å². The van der Waals surface area contributed by atoms with Crippen LogP contribution in [-0.2, 0) is 14.3 Å². The first-order valence-corrected chi connectivity index (χ1v) is 9.06. The summed E-state index contributed by atoms with van der Waals surface area (Å²) in [6.45, 7) is -0.0200. The fraction of sp³-hybridized carbons (Fsp3) is 0.333. The molecule has 140 valence electrons. The first-order chi connectivity index (χ1) is 13.1. The molecule has 27 heavy (non-hydrogen) atoms. The highest BCUT2D eigenvalue weighted by Gasteiger charge is 2.33. The zero-order valence-electron chi connectivity index (χ0n) is 14.8. The minimum Gasteiger partial charge on any atom is -0.480 e. The molecule has 4 rings (SSSR count). The number of amides is 1. The fourth-order valence-electron chi connectivity index (χ4n) is 3.82. The number of aliphatic carboxylic acids is 1. The van der Waals surface area contributed by atoms with E-state index in [1.165, 1.54) is 22.3 Å². The minimum atomic E-state index is -0.983. The summed E-state index contributed by atoms with van der Waals surface area (Å²) in [6.07, 6.45) is 0.660. The van der Waals surface area contributed by atoms with Gasteiger partial charge in [-0.1, -0.05) is 48.5 Å². The van der Waals surface area contributed by atoms with Gasteiger partial charge in [0.1, 0.15) is 13.2 Å². The predicted molar refractivity (Wildman–Crippen MR) is 98.6 cm³/mol. The molecule has 0 bridgehead atoms. The minimum absolute atomic E-state index is 0.0283. The van der Waals surface area contributed by atoms with Gasteiger partial charge in [-0.25, -0.2) is 9.59 Å². The number of carbonyl (C=O) groups is 2. The summed E-state index contributed by atoms with van der Waals surface area (Å²) >= 11 is 0. The number of ether oxygens (including phenoxy) is 2. The highest BCUT2D eigenvalue weighted by molar-refractivity contribution is 5.79. The second-order valence-corrected chi connectivity index (χ2v) is 6.96. The first kappa shape index (κ1) is 17.5. The topological polar surface area (TPSA) is 84.9 Å². The molecular weight excluding hydrogens is 346 g/mol. The maximum atomic E-state index is 12.1. The van der Waals surface area contributed by atoms with Crippen molar-refractivity contribution >= 4 is 12.1 Å². The van der Waals surface area contributed by atoms with Crippen molar-refractivity contribution in [1.82, 2.24) is 5.32 Å². The number of benzene rings is 2. The van der Waals surface area contributed by atoms with Gasteiger partial charge < -0.3 is 19.9 Å². The van der Waals surface area contributed by atoms with Crippen molar-refractivity contribution in [2.75, 3.05) is 13.2 Å². The third-order valence-corrected chi connectivity index (χ3v) is 5.20. The second-order valence-electron chi connectivity index (χ2n) is 6.96. The van der Waals surface area contributed by atoms with E-state index in [0.29, 0.717) is 12.8 Å². The van der Waals surface area contributed by atoms with Gasteiger partial charge in [0.2, 0.25) is 0 Å². The lowest BCUT2D eigenvalue weighted by Crippen LogP contribution is -2.48. The molecule has 1 saturated carbocycles. The van der Waals surface area contributed by atoms with Crippen LogP contribution in [0.15, 0.2) is 48.5 Å². The van der Waals surface area contributed by atoms with Crippen LogP contribution in [0.3, 0.4) is 0 Å². The average molecular weight is 367 g/mol. The van der Waals surface area contributed by atoms with Crippen LogP contribution in [0.4, 0.5) is 4.79 Å². The van der Waals surface area contributed by atoms with Gasteiger partial charge in [-0.05, 0) is 35.1 Å². The van der Waals surface area contributed by atoms with Crippen LogP contribution in [0.25, 0.3) is 11.1 Å². The van der Waals surface area contributed by atoms with Crippen molar-refractivity contribution in [3.8, 4) is 11.1 Å². The Morgan fingerprint density at radius 3 is 2.19 bits per heavy atom. The molecule has 0 heterocycles. The Bertz CT molecular complexity index is 814. The molecule has 0 unspecified atom stereocenters. The van der Waals surface area contributed by atoms with Crippen molar-refractivity contribution in [3.05, 3.63) is 59.7 Å². The van der Waals surface area contributed by atoms with Gasteiger partial charge in [-0.15, -0.1) is 0 Å². The van der Waals surface area contributed by atoms with Gasteiger partial charge in [0, 0.05) is 12.0 Å². The highest BCUT2D eigenvalue weighted by atomic mass is 16.5. The number of carboxylic acids is 1. The quantitative estimate of drug-likeness (QED) is 0.819. The molecule has 1 fully saturated rings. The van der Waals surface area contributed by atoms with Gasteiger partial charge in [0.05, 0.1) is 6.10 Å². The van der Waals surface area contributed by atoms with E-state index in [9.17, 15) is 9.59 Å². The zero-order valence-corrected chi connectivity index (χ0v) is 14.8. The fourth-order valence-corrected chi connectivity index (χ4v) is 3.82. The standard InChI is InChI=1S/C21H21NO5/c23-20(24)12-26-14-9-13(10-14)22-21(25)27-11-19-17-7-3-1-5-15(17)16-6-2-4-8-18(16)19/h1-8,13-14,19H,9-12H2,(H,22,25)(H,23,24). The lowest BCUT2D eigenvalue weighted by Gasteiger charge is -2.34. The summed E-state index contributed by atoms with van der Waals surface area (Å²) in [5.41, 5.74) is 4.74. The van der Waals surface area contributed by atoms with Crippen LogP contribution in [0, 0.1) is 0 Å². The molecule has 2 aromatic rings. The second kappa shape index (κ2) is 7.40. The molecule has 2 N–H and O–H groups in total. The predicted octanol–water partition coefficient (Wildman–Crippen LogP) is 3.16. The van der Waals surface area contributed by atoms with E-state index in [1.807, 2.05) is 24.3 Å². The molecule has 2 aliphatic rings. The molecule has 0 aromatic heterocycles. The summed E-state index contributed by atoms with van der Waals surface area (Å²) in [6, 6.07) is 16.4. The van der Waals surface area contributed by atoms with Crippen molar-refractivity contribution in [2.45, 2.75) is 30.9 Å². The molecular formula is C21H21NO5. The number of fused-ring (bicyclic) bond motifs is 3. The van der Waals surface area contributed by atoms with E-state index in [1.54, 1.807) is 0 Å². The molecule has 0 aliphatic heterocycles. The Balaban J connectivity index is 1.31. The maximum absolute atomic E-state index is 12.1. The summed E-state index contributed by atoms with van der Waals surface area (Å²) in [4.78, 5) is 22.6. The lowest BCUT2D eigenvalue weighted by atomic mass is 9.89. The van der Waals surface area contributed by atoms with Crippen molar-refractivity contribution < 1.29 is 24.2 Å². The Hall–Kier alpha value is -2.86. The number of carbonyl (C=O) groups excluding carboxylic acids is 1. The first-order valence-electron chi connectivity index (χ1n) is 9.06. The molecule has 0 radical (unpaired) electrons. The molecule has 0 atom stereocenters. The zero-order chi connectivity index (χ0) is 18.8. The Morgan fingerprint density at radius 2 is 1.59 bits per heavy atom. The van der Waals surface area contributed by atoms with E-state index in [0.717, 1.165) is 0 Å². The number of hydrogen-bond acceptors (Lipinski definition) is 4. The third kappa shape index (κ3) is 3.66. The molecule has 0 saturated heterocycles. The number of alkyl carbamates (subject to hydrolysis) is 1. The lowest BCUT2D eigenvalue weighted by molar-refractivity contribution is -0.146. The number of rotatable bonds is 6. The summed E-state index contributed by atoms with van der Waals surface area (Å²) in [5, 5.41) is 11.4. The Labute approximate surface area is 157 Å². The summed E-state index contributed by atoms with van der Waals surface area (Å²) in [5.74, 6) is -0.945. The van der Waals surface area contributed by atoms with E-state index in [-0.39, 0.29) is 31.3 Å². The molecule has 1 amide bonds. The van der Waals surface area contributed by atoms with Crippen LogP contribution in [0.2, 0.25) is 0 Å². The summed E-state index contributed by atoms with van der Waals surface area (Å²) in [7, 11) is 0. The van der Waals surface area contributed by atoms with Gasteiger partial charge in [-0.3, -0.25) is 0 Å². The van der Waals surface area contributed by atoms with Gasteiger partial charge in [0.15, 0.2) is 0 Å². The van der Waals surface area contributed by atoms with Crippen molar-refractivity contribution in [2.24, 2.45) is 0 Å². The van der Waals surface area contributed by atoms with Crippen LogP contribution < -0.4 is 5.32 Å². The maximum Gasteiger partial charge on any atom is 0.407 e.